The van der Waals surface area contributed by atoms with Crippen molar-refractivity contribution in [3.05, 3.63) is 52.1 Å². The second-order valence-corrected chi connectivity index (χ2v) is 10.6. The molecule has 0 spiro atoms. The van der Waals surface area contributed by atoms with Gasteiger partial charge in [0.1, 0.15) is 23.6 Å². The summed E-state index contributed by atoms with van der Waals surface area (Å²) in [5.41, 5.74) is -2.40. The SMILES string of the molecule is CC(=O)OC(C)(C)[C@@H]1COc2cc(C)cc([C@@]3(O)c4c(ccc(O)c4C=O)C[C@H]3C(C)(C)O)c2O1. The van der Waals surface area contributed by atoms with Crippen molar-refractivity contribution in [2.24, 2.45) is 5.92 Å². The topological polar surface area (TPSA) is 123 Å². The van der Waals surface area contributed by atoms with Crippen molar-refractivity contribution in [2.45, 2.75) is 70.9 Å². The van der Waals surface area contributed by atoms with Crippen LogP contribution in [0.3, 0.4) is 0 Å². The predicted octanol–water partition coefficient (Wildman–Crippen LogP) is 3.17. The summed E-state index contributed by atoms with van der Waals surface area (Å²) >= 11 is 0. The Hall–Kier alpha value is -3.10. The van der Waals surface area contributed by atoms with Crippen molar-refractivity contribution in [3.63, 3.8) is 0 Å². The number of aldehydes is 1. The Kier molecular flexibility index (Phi) is 5.89. The number of hydrogen-bond donors (Lipinski definition) is 3. The minimum Gasteiger partial charge on any atom is -0.507 e. The van der Waals surface area contributed by atoms with Crippen molar-refractivity contribution < 1.29 is 39.1 Å². The summed E-state index contributed by atoms with van der Waals surface area (Å²) in [6, 6.07) is 6.57. The van der Waals surface area contributed by atoms with E-state index in [2.05, 4.69) is 0 Å². The van der Waals surface area contributed by atoms with Gasteiger partial charge in [-0.15, -0.1) is 0 Å². The quantitative estimate of drug-likeness (QED) is 0.437. The lowest BCUT2D eigenvalue weighted by Gasteiger charge is -2.42. The van der Waals surface area contributed by atoms with Gasteiger partial charge in [0.05, 0.1) is 11.2 Å². The zero-order valence-electron chi connectivity index (χ0n) is 20.8. The van der Waals surface area contributed by atoms with Crippen molar-refractivity contribution in [2.75, 3.05) is 6.61 Å². The third-order valence-corrected chi connectivity index (χ3v) is 7.03. The lowest BCUT2D eigenvalue weighted by atomic mass is 9.72. The molecule has 8 heteroatoms. The van der Waals surface area contributed by atoms with Crippen molar-refractivity contribution >= 4 is 12.3 Å². The number of fused-ring (bicyclic) bond motifs is 2. The highest BCUT2D eigenvalue weighted by Crippen LogP contribution is 2.56. The van der Waals surface area contributed by atoms with E-state index < -0.39 is 34.8 Å². The number of aromatic hydroxyl groups is 1. The smallest absolute Gasteiger partial charge is 0.303 e. The molecule has 1 aliphatic carbocycles. The summed E-state index contributed by atoms with van der Waals surface area (Å²) in [5, 5.41) is 34.1. The van der Waals surface area contributed by atoms with Crippen LogP contribution in [-0.2, 0) is 21.6 Å². The van der Waals surface area contributed by atoms with Gasteiger partial charge in [-0.1, -0.05) is 6.07 Å². The van der Waals surface area contributed by atoms with Crippen LogP contribution in [0.1, 0.15) is 67.2 Å². The van der Waals surface area contributed by atoms with Gasteiger partial charge in [0.15, 0.2) is 23.9 Å². The molecule has 0 amide bonds. The summed E-state index contributed by atoms with van der Waals surface area (Å²) < 4.78 is 17.8. The fraction of sp³-hybridized carbons (Fsp3) is 0.481. The molecule has 2 aliphatic rings. The molecule has 2 aromatic carbocycles. The monoisotopic (exact) mass is 484 g/mol. The number of carbonyl (C=O) groups is 2. The third-order valence-electron chi connectivity index (χ3n) is 7.03. The standard InChI is InChI=1S/C27H32O8/c1-14-9-18(24-20(10-14)33-13-22(34-24)26(5,6)35-15(2)29)27(32)21(25(3,4)31)11-16-7-8-19(30)17(12-28)23(16)27/h7-10,12,21-22,30-32H,11,13H2,1-6H3/t21-,22-,27-/m0/s1. The minimum absolute atomic E-state index is 0.0412. The number of hydrogen-bond acceptors (Lipinski definition) is 8. The van der Waals surface area contributed by atoms with Crippen LogP contribution < -0.4 is 9.47 Å². The number of phenols is 1. The van der Waals surface area contributed by atoms with E-state index >= 15 is 0 Å². The molecule has 8 nitrogen and oxygen atoms in total. The molecule has 2 aromatic rings. The molecular formula is C27H32O8. The number of aryl methyl sites for hydroxylation is 1. The van der Waals surface area contributed by atoms with Crippen LogP contribution in [0.4, 0.5) is 0 Å². The van der Waals surface area contributed by atoms with Crippen molar-refractivity contribution in [1.29, 1.82) is 0 Å². The first kappa shape index (κ1) is 25.0. The minimum atomic E-state index is -1.89. The normalized spacial score (nSPS) is 23.5. The van der Waals surface area contributed by atoms with Crippen LogP contribution in [0.2, 0.25) is 0 Å². The molecule has 1 heterocycles. The maximum Gasteiger partial charge on any atom is 0.303 e. The van der Waals surface area contributed by atoms with E-state index in [0.29, 0.717) is 23.2 Å². The predicted molar refractivity (Wildman–Crippen MR) is 127 cm³/mol. The first-order valence-electron chi connectivity index (χ1n) is 11.6. The van der Waals surface area contributed by atoms with Gasteiger partial charge >= 0.3 is 5.97 Å². The van der Waals surface area contributed by atoms with Crippen LogP contribution in [0.15, 0.2) is 24.3 Å². The zero-order valence-corrected chi connectivity index (χ0v) is 20.8. The lowest BCUT2D eigenvalue weighted by Crippen LogP contribution is -2.50. The molecule has 3 N–H and O–H groups in total. The molecular weight excluding hydrogens is 452 g/mol. The van der Waals surface area contributed by atoms with E-state index in [0.717, 1.165) is 5.56 Å². The number of rotatable bonds is 5. The molecule has 0 saturated heterocycles. The van der Waals surface area contributed by atoms with Crippen LogP contribution in [-0.4, -0.2) is 51.5 Å². The van der Waals surface area contributed by atoms with Gasteiger partial charge in [-0.3, -0.25) is 9.59 Å². The van der Waals surface area contributed by atoms with Crippen LogP contribution in [0.5, 0.6) is 17.2 Å². The van der Waals surface area contributed by atoms with E-state index in [-0.39, 0.29) is 35.7 Å². The number of phenolic OH excluding ortho intramolecular Hbond substituents is 1. The number of ether oxygens (including phenoxy) is 3. The Morgan fingerprint density at radius 2 is 1.91 bits per heavy atom. The van der Waals surface area contributed by atoms with Crippen LogP contribution in [0.25, 0.3) is 0 Å². The first-order chi connectivity index (χ1) is 16.2. The summed E-state index contributed by atoms with van der Waals surface area (Å²) in [5.74, 6) is -0.885. The summed E-state index contributed by atoms with van der Waals surface area (Å²) in [6.45, 7) is 9.88. The summed E-state index contributed by atoms with van der Waals surface area (Å²) in [4.78, 5) is 23.7. The lowest BCUT2D eigenvalue weighted by molar-refractivity contribution is -0.166. The molecule has 4 rings (SSSR count). The van der Waals surface area contributed by atoms with Gasteiger partial charge in [-0.05, 0) is 70.4 Å². The maximum absolute atomic E-state index is 12.5. The molecule has 0 unspecified atom stereocenters. The van der Waals surface area contributed by atoms with Crippen LogP contribution >= 0.6 is 0 Å². The molecule has 188 valence electrons. The summed E-state index contributed by atoms with van der Waals surface area (Å²) in [6.07, 6.45) is 0.0840. The molecule has 0 fully saturated rings. The highest BCUT2D eigenvalue weighted by Gasteiger charge is 2.56. The maximum atomic E-state index is 12.5. The Balaban J connectivity index is 1.97. The average Bonchev–Trinajstić information content (AvgIpc) is 3.06. The molecule has 0 bridgehead atoms. The number of carbonyl (C=O) groups excluding carboxylic acids is 2. The molecule has 1 aliphatic heterocycles. The van der Waals surface area contributed by atoms with E-state index in [9.17, 15) is 24.9 Å². The molecule has 35 heavy (non-hydrogen) atoms. The van der Waals surface area contributed by atoms with Crippen molar-refractivity contribution in [3.8, 4) is 17.2 Å². The molecule has 3 atom stereocenters. The van der Waals surface area contributed by atoms with Gasteiger partial charge < -0.3 is 29.5 Å². The van der Waals surface area contributed by atoms with E-state index in [1.807, 2.05) is 6.92 Å². The van der Waals surface area contributed by atoms with Gasteiger partial charge in [0.2, 0.25) is 0 Å². The van der Waals surface area contributed by atoms with E-state index in [4.69, 9.17) is 14.2 Å². The van der Waals surface area contributed by atoms with Crippen LogP contribution in [0, 0.1) is 12.8 Å². The van der Waals surface area contributed by atoms with Gasteiger partial charge in [-0.2, -0.15) is 0 Å². The first-order valence-corrected chi connectivity index (χ1v) is 11.6. The Bertz CT molecular complexity index is 1190. The Morgan fingerprint density at radius 1 is 1.23 bits per heavy atom. The van der Waals surface area contributed by atoms with E-state index in [1.54, 1.807) is 45.9 Å². The zero-order chi connectivity index (χ0) is 25.9. The van der Waals surface area contributed by atoms with Gasteiger partial charge in [0, 0.05) is 24.0 Å². The van der Waals surface area contributed by atoms with Crippen molar-refractivity contribution in [1.82, 2.24) is 0 Å². The van der Waals surface area contributed by atoms with Gasteiger partial charge in [-0.25, -0.2) is 0 Å². The molecule has 0 saturated carbocycles. The molecule has 0 radical (unpaired) electrons. The molecule has 0 aromatic heterocycles. The van der Waals surface area contributed by atoms with Gasteiger partial charge in [0.25, 0.3) is 0 Å². The number of aliphatic hydroxyl groups is 2. The second-order valence-electron chi connectivity index (χ2n) is 10.6. The summed E-state index contributed by atoms with van der Waals surface area (Å²) in [7, 11) is 0. The third kappa shape index (κ3) is 4.04. The highest BCUT2D eigenvalue weighted by molar-refractivity contribution is 5.84. The average molecular weight is 485 g/mol. The largest absolute Gasteiger partial charge is 0.507 e. The second kappa shape index (κ2) is 8.24. The fourth-order valence-corrected chi connectivity index (χ4v) is 5.39. The number of esters is 1. The van der Waals surface area contributed by atoms with E-state index in [1.165, 1.54) is 13.0 Å². The fourth-order valence-electron chi connectivity index (χ4n) is 5.39. The number of benzene rings is 2. The Labute approximate surface area is 204 Å². The highest BCUT2D eigenvalue weighted by atomic mass is 16.6. The Morgan fingerprint density at radius 3 is 2.51 bits per heavy atom.